The predicted molar refractivity (Wildman–Crippen MR) is 64.8 cm³/mol. The summed E-state index contributed by atoms with van der Waals surface area (Å²) in [7, 11) is -1.26. The quantitative estimate of drug-likeness (QED) is 0.600. The molecule has 6 nitrogen and oxygen atoms in total. The summed E-state index contributed by atoms with van der Waals surface area (Å²) in [6.45, 7) is 0.245. The molecular formula is C11H13BFNO5. The van der Waals surface area contributed by atoms with E-state index in [-0.39, 0.29) is 36.4 Å². The first-order valence-electron chi connectivity index (χ1n) is 5.73. The molecule has 1 atom stereocenters. The lowest BCUT2D eigenvalue weighted by Gasteiger charge is -2.13. The Morgan fingerprint density at radius 2 is 2.26 bits per heavy atom. The van der Waals surface area contributed by atoms with Crippen molar-refractivity contribution < 1.29 is 28.7 Å². The molecule has 1 aromatic carbocycles. The molecule has 0 amide bonds. The average Bonchev–Trinajstić information content (AvgIpc) is 2.55. The summed E-state index contributed by atoms with van der Waals surface area (Å²) in [5.41, 5.74) is 5.68. The van der Waals surface area contributed by atoms with Gasteiger partial charge in [-0.15, -0.1) is 0 Å². The van der Waals surface area contributed by atoms with E-state index in [0.717, 1.165) is 0 Å². The molecule has 0 saturated heterocycles. The Balaban J connectivity index is 2.33. The number of fused-ring (bicyclic) bond motifs is 1. The molecule has 1 aliphatic rings. The topological polar surface area (TPSA) is 102 Å². The minimum absolute atomic E-state index is 0.107. The van der Waals surface area contributed by atoms with Gasteiger partial charge >= 0.3 is 13.1 Å². The summed E-state index contributed by atoms with van der Waals surface area (Å²) in [6, 6.07) is 1.62. The standard InChI is InChI=1S/C11H13BFNO5/c13-9-6(5-8(14)11(15)16)1-2-7-10(9)18-3-4-19-12(7)17/h1-2,8,17H,3-5,14H2,(H,15,16)/t8-/m0/s1. The van der Waals surface area contributed by atoms with Crippen LogP contribution in [0.4, 0.5) is 4.39 Å². The molecule has 0 aromatic heterocycles. The third-order valence-corrected chi connectivity index (χ3v) is 2.84. The smallest absolute Gasteiger partial charge is 0.489 e. The van der Waals surface area contributed by atoms with Gasteiger partial charge in [0.1, 0.15) is 12.6 Å². The maximum absolute atomic E-state index is 14.2. The summed E-state index contributed by atoms with van der Waals surface area (Å²) in [4.78, 5) is 10.7. The van der Waals surface area contributed by atoms with Gasteiger partial charge in [-0.1, -0.05) is 12.1 Å². The van der Waals surface area contributed by atoms with E-state index in [0.29, 0.717) is 0 Å². The Morgan fingerprint density at radius 3 is 2.95 bits per heavy atom. The number of hydrogen-bond acceptors (Lipinski definition) is 5. The van der Waals surface area contributed by atoms with Crippen LogP contribution in [0.25, 0.3) is 0 Å². The number of aliphatic carboxylic acids is 1. The molecule has 1 heterocycles. The van der Waals surface area contributed by atoms with E-state index in [4.69, 9.17) is 20.2 Å². The number of hydrogen-bond donors (Lipinski definition) is 3. The van der Waals surface area contributed by atoms with Gasteiger partial charge in [-0.3, -0.25) is 4.79 Å². The van der Waals surface area contributed by atoms with E-state index < -0.39 is 24.9 Å². The molecule has 0 radical (unpaired) electrons. The highest BCUT2D eigenvalue weighted by molar-refractivity contribution is 6.61. The number of carbonyl (C=O) groups is 1. The fourth-order valence-corrected chi connectivity index (χ4v) is 1.83. The molecule has 0 saturated carbocycles. The molecule has 0 fully saturated rings. The maximum atomic E-state index is 14.2. The number of carboxylic acids is 1. The largest absolute Gasteiger partial charge is 0.495 e. The molecule has 102 valence electrons. The monoisotopic (exact) mass is 269 g/mol. The van der Waals surface area contributed by atoms with Crippen LogP contribution in [0.3, 0.4) is 0 Å². The lowest BCUT2D eigenvalue weighted by molar-refractivity contribution is -0.138. The van der Waals surface area contributed by atoms with Crippen molar-refractivity contribution in [1.29, 1.82) is 0 Å². The number of ether oxygens (including phenoxy) is 1. The summed E-state index contributed by atoms with van der Waals surface area (Å²) < 4.78 is 24.4. The van der Waals surface area contributed by atoms with Crippen LogP contribution in [-0.4, -0.2) is 42.5 Å². The number of rotatable bonds is 3. The minimum atomic E-state index is -1.26. The Kier molecular flexibility index (Phi) is 4.03. The molecular weight excluding hydrogens is 256 g/mol. The fraction of sp³-hybridized carbons (Fsp3) is 0.364. The van der Waals surface area contributed by atoms with E-state index in [1.165, 1.54) is 12.1 Å². The Morgan fingerprint density at radius 1 is 1.53 bits per heavy atom. The van der Waals surface area contributed by atoms with Gasteiger partial charge in [-0.05, 0) is 5.56 Å². The van der Waals surface area contributed by atoms with Gasteiger partial charge in [0, 0.05) is 11.9 Å². The summed E-state index contributed by atoms with van der Waals surface area (Å²) in [5, 5.41) is 18.4. The van der Waals surface area contributed by atoms with Crippen LogP contribution in [0.5, 0.6) is 5.75 Å². The molecule has 8 heteroatoms. The maximum Gasteiger partial charge on any atom is 0.495 e. The van der Waals surface area contributed by atoms with E-state index in [2.05, 4.69) is 0 Å². The van der Waals surface area contributed by atoms with E-state index in [1.807, 2.05) is 0 Å². The SMILES string of the molecule is N[C@@H](Cc1ccc2c(c1F)OCCOB2O)C(=O)O. The molecule has 4 N–H and O–H groups in total. The zero-order valence-corrected chi connectivity index (χ0v) is 10.0. The van der Waals surface area contributed by atoms with Gasteiger partial charge in [-0.25, -0.2) is 4.39 Å². The first kappa shape index (κ1) is 13.8. The van der Waals surface area contributed by atoms with Gasteiger partial charge in [0.2, 0.25) is 0 Å². The van der Waals surface area contributed by atoms with Crippen molar-refractivity contribution in [3.8, 4) is 5.75 Å². The Labute approximate surface area is 109 Å². The molecule has 19 heavy (non-hydrogen) atoms. The molecule has 0 aliphatic carbocycles. The van der Waals surface area contributed by atoms with Crippen LogP contribution in [0.2, 0.25) is 0 Å². The lowest BCUT2D eigenvalue weighted by atomic mass is 9.78. The van der Waals surface area contributed by atoms with Crippen LogP contribution >= 0.6 is 0 Å². The lowest BCUT2D eigenvalue weighted by Crippen LogP contribution is -2.35. The zero-order valence-electron chi connectivity index (χ0n) is 10.0. The molecule has 1 aliphatic heterocycles. The molecule has 0 bridgehead atoms. The number of benzene rings is 1. The van der Waals surface area contributed by atoms with Crippen molar-refractivity contribution in [1.82, 2.24) is 0 Å². The summed E-state index contributed by atoms with van der Waals surface area (Å²) in [6.07, 6.45) is -0.158. The summed E-state index contributed by atoms with van der Waals surface area (Å²) in [5.74, 6) is -2.03. The number of nitrogens with two attached hydrogens (primary N) is 1. The molecule has 0 unspecified atom stereocenters. The molecule has 2 rings (SSSR count). The van der Waals surface area contributed by atoms with Gasteiger partial charge in [-0.2, -0.15) is 0 Å². The van der Waals surface area contributed by atoms with Crippen LogP contribution < -0.4 is 15.9 Å². The predicted octanol–water partition coefficient (Wildman–Crippen LogP) is -1.12. The highest BCUT2D eigenvalue weighted by atomic mass is 19.1. The van der Waals surface area contributed by atoms with Crippen LogP contribution in [0.15, 0.2) is 12.1 Å². The van der Waals surface area contributed by atoms with E-state index >= 15 is 0 Å². The summed E-state index contributed by atoms with van der Waals surface area (Å²) >= 11 is 0. The van der Waals surface area contributed by atoms with Crippen LogP contribution in [0.1, 0.15) is 5.56 Å². The van der Waals surface area contributed by atoms with Crippen molar-refractivity contribution >= 4 is 18.6 Å². The first-order valence-corrected chi connectivity index (χ1v) is 5.73. The second-order valence-electron chi connectivity index (χ2n) is 4.18. The number of carboxylic acid groups (broad SMARTS) is 1. The van der Waals surface area contributed by atoms with Gasteiger partial charge in [0.05, 0.1) is 6.61 Å². The van der Waals surface area contributed by atoms with Crippen molar-refractivity contribution in [3.05, 3.63) is 23.5 Å². The van der Waals surface area contributed by atoms with Gasteiger partial charge in [0.15, 0.2) is 11.6 Å². The minimum Gasteiger partial charge on any atom is -0.489 e. The Bertz CT molecular complexity index is 498. The zero-order chi connectivity index (χ0) is 14.0. The van der Waals surface area contributed by atoms with Crippen LogP contribution in [-0.2, 0) is 15.9 Å². The van der Waals surface area contributed by atoms with E-state index in [1.54, 1.807) is 0 Å². The van der Waals surface area contributed by atoms with Crippen molar-refractivity contribution in [3.63, 3.8) is 0 Å². The van der Waals surface area contributed by atoms with Crippen molar-refractivity contribution in [2.45, 2.75) is 12.5 Å². The molecule has 1 aromatic rings. The first-order chi connectivity index (χ1) is 9.00. The Hall–Kier alpha value is -1.64. The molecule has 0 spiro atoms. The third kappa shape index (κ3) is 2.86. The second kappa shape index (κ2) is 5.56. The van der Waals surface area contributed by atoms with Crippen molar-refractivity contribution in [2.24, 2.45) is 5.73 Å². The van der Waals surface area contributed by atoms with Gasteiger partial charge in [0.25, 0.3) is 0 Å². The van der Waals surface area contributed by atoms with Gasteiger partial charge < -0.3 is 25.3 Å². The van der Waals surface area contributed by atoms with Crippen LogP contribution in [0, 0.1) is 5.82 Å². The van der Waals surface area contributed by atoms with Crippen molar-refractivity contribution in [2.75, 3.05) is 13.2 Å². The third-order valence-electron chi connectivity index (χ3n) is 2.84. The number of halogens is 1. The normalized spacial score (nSPS) is 16.3. The average molecular weight is 269 g/mol. The van der Waals surface area contributed by atoms with E-state index in [9.17, 15) is 14.2 Å². The highest BCUT2D eigenvalue weighted by Crippen LogP contribution is 2.21. The fourth-order valence-electron chi connectivity index (χ4n) is 1.83. The highest BCUT2D eigenvalue weighted by Gasteiger charge is 2.28. The second-order valence-corrected chi connectivity index (χ2v) is 4.18.